The van der Waals surface area contributed by atoms with Crippen molar-refractivity contribution in [3.63, 3.8) is 0 Å². The van der Waals surface area contributed by atoms with Gasteiger partial charge in [-0.15, -0.1) is 0 Å². The van der Waals surface area contributed by atoms with Gasteiger partial charge in [-0.2, -0.15) is 0 Å². The molecule has 0 aliphatic carbocycles. The third-order valence-electron chi connectivity index (χ3n) is 5.16. The summed E-state index contributed by atoms with van der Waals surface area (Å²) in [6, 6.07) is 30.3. The number of rotatable bonds is 10. The van der Waals surface area contributed by atoms with Crippen molar-refractivity contribution < 1.29 is 28.9 Å². The van der Waals surface area contributed by atoms with Crippen LogP contribution in [0, 0.1) is 0 Å². The number of esters is 1. The summed E-state index contributed by atoms with van der Waals surface area (Å²) in [5, 5.41) is 10.7. The van der Waals surface area contributed by atoms with Crippen molar-refractivity contribution in [3.8, 4) is 17.2 Å². The molecule has 0 amide bonds. The molecule has 0 saturated heterocycles. The van der Waals surface area contributed by atoms with E-state index in [0.717, 1.165) is 11.1 Å². The largest absolute Gasteiger partial charge is 0.507 e. The first-order valence-corrected chi connectivity index (χ1v) is 11.1. The summed E-state index contributed by atoms with van der Waals surface area (Å²) in [6.45, 7) is -0.0971. The maximum Gasteiger partial charge on any atom is 0.338 e. The number of benzene rings is 4. The Kier molecular flexibility index (Phi) is 7.76. The number of hydrogen-bond acceptors (Lipinski definition) is 6. The highest BCUT2D eigenvalue weighted by atomic mass is 16.5. The summed E-state index contributed by atoms with van der Waals surface area (Å²) in [7, 11) is 0. The number of hydrogen-bond donors (Lipinski definition) is 1. The van der Waals surface area contributed by atoms with E-state index in [4.69, 9.17) is 14.2 Å². The van der Waals surface area contributed by atoms with Crippen LogP contribution in [0.5, 0.6) is 17.2 Å². The predicted octanol–water partition coefficient (Wildman–Crippen LogP) is 5.59. The first-order valence-electron chi connectivity index (χ1n) is 11.1. The van der Waals surface area contributed by atoms with Gasteiger partial charge in [0.05, 0.1) is 5.56 Å². The molecule has 4 rings (SSSR count). The molecule has 0 radical (unpaired) electrons. The molecule has 0 aromatic heterocycles. The van der Waals surface area contributed by atoms with Crippen LogP contribution in [0.15, 0.2) is 103 Å². The van der Waals surface area contributed by atoms with Gasteiger partial charge < -0.3 is 19.3 Å². The molecule has 6 nitrogen and oxygen atoms in total. The van der Waals surface area contributed by atoms with Gasteiger partial charge in [0.2, 0.25) is 5.78 Å². The maximum absolute atomic E-state index is 13.0. The molecule has 0 atom stereocenters. The molecule has 0 saturated carbocycles. The Bertz CT molecular complexity index is 1270. The Labute approximate surface area is 203 Å². The highest BCUT2D eigenvalue weighted by Gasteiger charge is 2.22. The van der Waals surface area contributed by atoms with Crippen LogP contribution in [0.4, 0.5) is 0 Å². The standard InChI is InChI=1S/C29H24O6/c30-25-16-24(33-18-21-10-4-1-5-11-21)17-27(34-19-22-12-6-2-7-13-22)28(25)26(31)20-35-29(32)23-14-8-3-9-15-23/h1-17,30H,18-20H2. The van der Waals surface area contributed by atoms with Crippen molar-refractivity contribution in [2.75, 3.05) is 6.61 Å². The quantitative estimate of drug-likeness (QED) is 0.241. The third-order valence-corrected chi connectivity index (χ3v) is 5.16. The van der Waals surface area contributed by atoms with Gasteiger partial charge in [0, 0.05) is 12.1 Å². The van der Waals surface area contributed by atoms with E-state index >= 15 is 0 Å². The molecular weight excluding hydrogens is 444 g/mol. The predicted molar refractivity (Wildman–Crippen MR) is 131 cm³/mol. The summed E-state index contributed by atoms with van der Waals surface area (Å²) in [5.74, 6) is -1.07. The lowest BCUT2D eigenvalue weighted by molar-refractivity contribution is 0.0472. The average molecular weight is 469 g/mol. The molecule has 0 spiro atoms. The SMILES string of the molecule is O=C(OCC(=O)c1c(O)cc(OCc2ccccc2)cc1OCc1ccccc1)c1ccccc1. The van der Waals surface area contributed by atoms with Gasteiger partial charge in [0.15, 0.2) is 6.61 Å². The average Bonchev–Trinajstić information content (AvgIpc) is 2.90. The van der Waals surface area contributed by atoms with Crippen LogP contribution >= 0.6 is 0 Å². The van der Waals surface area contributed by atoms with E-state index in [-0.39, 0.29) is 30.3 Å². The Hall–Kier alpha value is -4.58. The molecule has 0 heterocycles. The summed E-state index contributed by atoms with van der Waals surface area (Å²) < 4.78 is 16.9. The summed E-state index contributed by atoms with van der Waals surface area (Å²) in [6.07, 6.45) is 0. The molecule has 0 aliphatic heterocycles. The fourth-order valence-electron chi connectivity index (χ4n) is 3.39. The molecular formula is C29H24O6. The van der Waals surface area contributed by atoms with Crippen LogP contribution in [0.3, 0.4) is 0 Å². The van der Waals surface area contributed by atoms with Gasteiger partial charge in [-0.3, -0.25) is 4.79 Å². The van der Waals surface area contributed by atoms with Gasteiger partial charge in [-0.1, -0.05) is 78.9 Å². The summed E-state index contributed by atoms with van der Waals surface area (Å²) in [5.41, 5.74) is 2.09. The van der Waals surface area contributed by atoms with E-state index < -0.39 is 18.4 Å². The van der Waals surface area contributed by atoms with Gasteiger partial charge in [-0.05, 0) is 23.3 Å². The molecule has 0 unspecified atom stereocenters. The van der Waals surface area contributed by atoms with Crippen LogP contribution in [0.1, 0.15) is 31.8 Å². The third kappa shape index (κ3) is 6.48. The van der Waals surface area contributed by atoms with E-state index in [2.05, 4.69) is 0 Å². The lowest BCUT2D eigenvalue weighted by Gasteiger charge is -2.15. The Balaban J connectivity index is 1.53. The molecule has 4 aromatic rings. The monoisotopic (exact) mass is 468 g/mol. The zero-order chi connectivity index (χ0) is 24.5. The molecule has 1 N–H and O–H groups in total. The van der Waals surface area contributed by atoms with Crippen molar-refractivity contribution in [1.29, 1.82) is 0 Å². The minimum Gasteiger partial charge on any atom is -0.507 e. The fraction of sp³-hybridized carbons (Fsp3) is 0.103. The number of ketones is 1. The molecule has 6 heteroatoms. The van der Waals surface area contributed by atoms with Gasteiger partial charge in [-0.25, -0.2) is 4.79 Å². The highest BCUT2D eigenvalue weighted by molar-refractivity contribution is 6.03. The summed E-state index contributed by atoms with van der Waals surface area (Å²) >= 11 is 0. The van der Waals surface area contributed by atoms with Crippen molar-refractivity contribution in [2.24, 2.45) is 0 Å². The highest BCUT2D eigenvalue weighted by Crippen LogP contribution is 2.35. The van der Waals surface area contributed by atoms with Crippen LogP contribution in [0.2, 0.25) is 0 Å². The van der Waals surface area contributed by atoms with E-state index in [0.29, 0.717) is 11.3 Å². The zero-order valence-electron chi connectivity index (χ0n) is 18.9. The number of ether oxygens (including phenoxy) is 3. The van der Waals surface area contributed by atoms with Crippen molar-refractivity contribution in [3.05, 3.63) is 125 Å². The van der Waals surface area contributed by atoms with E-state index in [1.54, 1.807) is 36.4 Å². The smallest absolute Gasteiger partial charge is 0.338 e. The number of phenols is 1. The first kappa shape index (κ1) is 23.6. The molecule has 176 valence electrons. The van der Waals surface area contributed by atoms with Gasteiger partial charge in [0.25, 0.3) is 0 Å². The van der Waals surface area contributed by atoms with E-state index in [1.165, 1.54) is 6.07 Å². The Morgan fingerprint density at radius 3 is 1.83 bits per heavy atom. The maximum atomic E-state index is 13.0. The van der Waals surface area contributed by atoms with Crippen molar-refractivity contribution in [1.82, 2.24) is 0 Å². The van der Waals surface area contributed by atoms with E-state index in [1.807, 2.05) is 60.7 Å². The second-order valence-corrected chi connectivity index (χ2v) is 7.73. The number of carbonyl (C=O) groups is 2. The lowest BCUT2D eigenvalue weighted by atomic mass is 10.1. The minimum atomic E-state index is -0.631. The molecule has 0 bridgehead atoms. The lowest BCUT2D eigenvalue weighted by Crippen LogP contribution is -2.15. The Morgan fingerprint density at radius 2 is 1.23 bits per heavy atom. The van der Waals surface area contributed by atoms with Crippen LogP contribution < -0.4 is 9.47 Å². The van der Waals surface area contributed by atoms with Crippen molar-refractivity contribution in [2.45, 2.75) is 13.2 Å². The summed E-state index contributed by atoms with van der Waals surface area (Å²) in [4.78, 5) is 25.2. The number of Topliss-reactive ketones (excluding diaryl/α,β-unsaturated/α-hetero) is 1. The molecule has 0 fully saturated rings. The molecule has 35 heavy (non-hydrogen) atoms. The van der Waals surface area contributed by atoms with E-state index in [9.17, 15) is 14.7 Å². The second kappa shape index (κ2) is 11.5. The zero-order valence-corrected chi connectivity index (χ0v) is 18.9. The van der Waals surface area contributed by atoms with Crippen LogP contribution in [0.25, 0.3) is 0 Å². The molecule has 4 aromatic carbocycles. The normalized spacial score (nSPS) is 10.4. The second-order valence-electron chi connectivity index (χ2n) is 7.73. The minimum absolute atomic E-state index is 0.0751. The number of phenolic OH excluding ortho intramolecular Hbond substituents is 1. The first-order chi connectivity index (χ1) is 17.1. The molecule has 0 aliphatic rings. The Morgan fingerprint density at radius 1 is 0.686 bits per heavy atom. The fourth-order valence-corrected chi connectivity index (χ4v) is 3.39. The van der Waals surface area contributed by atoms with Crippen molar-refractivity contribution >= 4 is 11.8 Å². The van der Waals surface area contributed by atoms with Gasteiger partial charge in [0.1, 0.15) is 36.0 Å². The van der Waals surface area contributed by atoms with Crippen LogP contribution in [-0.2, 0) is 18.0 Å². The number of aromatic hydroxyl groups is 1. The van der Waals surface area contributed by atoms with Crippen LogP contribution in [-0.4, -0.2) is 23.5 Å². The van der Waals surface area contributed by atoms with Gasteiger partial charge >= 0.3 is 5.97 Å². The topological polar surface area (TPSA) is 82.1 Å². The number of carbonyl (C=O) groups excluding carboxylic acids is 2.